The average Bonchev–Trinajstić information content (AvgIpc) is 2.76. The lowest BCUT2D eigenvalue weighted by atomic mass is 10.2. The van der Waals surface area contributed by atoms with Gasteiger partial charge in [0.2, 0.25) is 0 Å². The average molecular weight is 260 g/mol. The monoisotopic (exact) mass is 260 g/mol. The van der Waals surface area contributed by atoms with Crippen LogP contribution in [-0.4, -0.2) is 40.0 Å². The molecule has 88 valence electrons. The molecule has 0 aliphatic carbocycles. The van der Waals surface area contributed by atoms with Gasteiger partial charge in [-0.05, 0) is 18.4 Å². The van der Waals surface area contributed by atoms with Crippen LogP contribution in [0.15, 0.2) is 10.9 Å². The molecule has 7 heteroatoms. The van der Waals surface area contributed by atoms with Crippen molar-refractivity contribution in [2.75, 3.05) is 12.0 Å². The van der Waals surface area contributed by atoms with E-state index in [4.69, 9.17) is 5.11 Å². The molecule has 0 bridgehead atoms. The van der Waals surface area contributed by atoms with Gasteiger partial charge in [0, 0.05) is 5.38 Å². The summed E-state index contributed by atoms with van der Waals surface area (Å²) in [5.41, 5.74) is 1.80. The van der Waals surface area contributed by atoms with E-state index >= 15 is 0 Å². The van der Waals surface area contributed by atoms with Crippen molar-refractivity contribution in [1.29, 1.82) is 0 Å². The number of carboxylic acid groups (broad SMARTS) is 1. The van der Waals surface area contributed by atoms with E-state index in [9.17, 15) is 9.59 Å². The van der Waals surface area contributed by atoms with Crippen LogP contribution in [0, 0.1) is 0 Å². The molecule has 0 aromatic carbocycles. The number of nitrogens with zero attached hydrogens (tertiary/aromatic N) is 1. The van der Waals surface area contributed by atoms with E-state index in [0.29, 0.717) is 12.2 Å². The van der Waals surface area contributed by atoms with Gasteiger partial charge in [-0.1, -0.05) is 0 Å². The van der Waals surface area contributed by atoms with Crippen LogP contribution in [-0.2, 0) is 4.79 Å². The zero-order valence-electron chi connectivity index (χ0n) is 8.67. The van der Waals surface area contributed by atoms with Crippen LogP contribution in [0.1, 0.15) is 16.9 Å². The minimum atomic E-state index is -1.02. The first-order valence-electron chi connectivity index (χ1n) is 4.56. The molecule has 0 aliphatic heterocycles. The summed E-state index contributed by atoms with van der Waals surface area (Å²) in [6, 6.07) is -0.846. The van der Waals surface area contributed by atoms with Crippen LogP contribution in [0.4, 0.5) is 0 Å². The van der Waals surface area contributed by atoms with Crippen LogP contribution >= 0.6 is 23.1 Å². The second-order valence-electron chi connectivity index (χ2n) is 3.02. The van der Waals surface area contributed by atoms with Gasteiger partial charge in [0.25, 0.3) is 5.91 Å². The molecule has 0 saturated heterocycles. The zero-order chi connectivity index (χ0) is 12.0. The molecule has 1 heterocycles. The number of aromatic nitrogens is 1. The molecule has 1 rings (SSSR count). The van der Waals surface area contributed by atoms with E-state index in [1.807, 2.05) is 6.26 Å². The number of thiazole rings is 1. The van der Waals surface area contributed by atoms with E-state index < -0.39 is 17.9 Å². The summed E-state index contributed by atoms with van der Waals surface area (Å²) in [7, 11) is 0. The number of amides is 1. The third-order valence-corrected chi connectivity index (χ3v) is 3.11. The molecule has 0 aliphatic rings. The Kier molecular flexibility index (Phi) is 5.27. The summed E-state index contributed by atoms with van der Waals surface area (Å²) in [6.45, 7) is 0. The normalized spacial score (nSPS) is 12.1. The minimum Gasteiger partial charge on any atom is -0.480 e. The van der Waals surface area contributed by atoms with Crippen LogP contribution in [0.3, 0.4) is 0 Å². The number of aliphatic carboxylic acids is 1. The molecule has 16 heavy (non-hydrogen) atoms. The first-order chi connectivity index (χ1) is 7.65. The molecule has 2 N–H and O–H groups in total. The zero-order valence-corrected chi connectivity index (χ0v) is 10.3. The quantitative estimate of drug-likeness (QED) is 0.800. The SMILES string of the molecule is CSCCC(NC(=O)c1cscn1)C(=O)O. The molecule has 0 fully saturated rings. The maximum absolute atomic E-state index is 11.5. The maximum Gasteiger partial charge on any atom is 0.326 e. The minimum absolute atomic E-state index is 0.264. The molecule has 0 spiro atoms. The molecule has 5 nitrogen and oxygen atoms in total. The van der Waals surface area contributed by atoms with Crippen molar-refractivity contribution >= 4 is 35.0 Å². The van der Waals surface area contributed by atoms with Crippen molar-refractivity contribution in [1.82, 2.24) is 10.3 Å². The van der Waals surface area contributed by atoms with Gasteiger partial charge in [0.15, 0.2) is 0 Å². The largest absolute Gasteiger partial charge is 0.480 e. The Hall–Kier alpha value is -1.08. The summed E-state index contributed by atoms with van der Waals surface area (Å²) in [5, 5.41) is 12.9. The fourth-order valence-corrected chi connectivity index (χ4v) is 2.05. The molecule has 0 radical (unpaired) electrons. The number of thioether (sulfide) groups is 1. The Morgan fingerprint density at radius 2 is 2.44 bits per heavy atom. The molecular weight excluding hydrogens is 248 g/mol. The lowest BCUT2D eigenvalue weighted by Crippen LogP contribution is -2.41. The van der Waals surface area contributed by atoms with Gasteiger partial charge < -0.3 is 10.4 Å². The predicted molar refractivity (Wildman–Crippen MR) is 64.0 cm³/mol. The van der Waals surface area contributed by atoms with Gasteiger partial charge in [-0.3, -0.25) is 4.79 Å². The van der Waals surface area contributed by atoms with Gasteiger partial charge in [-0.2, -0.15) is 11.8 Å². The van der Waals surface area contributed by atoms with E-state index in [1.54, 1.807) is 17.1 Å². The molecule has 1 aromatic rings. The lowest BCUT2D eigenvalue weighted by molar-refractivity contribution is -0.139. The molecule has 0 saturated carbocycles. The Morgan fingerprint density at radius 1 is 1.69 bits per heavy atom. The number of carbonyl (C=O) groups excluding carboxylic acids is 1. The second-order valence-corrected chi connectivity index (χ2v) is 4.72. The van der Waals surface area contributed by atoms with E-state index in [1.165, 1.54) is 16.8 Å². The van der Waals surface area contributed by atoms with Crippen LogP contribution in [0.5, 0.6) is 0 Å². The fourth-order valence-electron chi connectivity index (χ4n) is 1.05. The number of hydrogen-bond acceptors (Lipinski definition) is 5. The summed E-state index contributed by atoms with van der Waals surface area (Å²) < 4.78 is 0. The highest BCUT2D eigenvalue weighted by Gasteiger charge is 2.20. The first kappa shape index (κ1) is 13.0. The Morgan fingerprint density at radius 3 is 2.94 bits per heavy atom. The Bertz CT molecular complexity index is 354. The van der Waals surface area contributed by atoms with Crippen LogP contribution < -0.4 is 5.32 Å². The highest BCUT2D eigenvalue weighted by Crippen LogP contribution is 2.04. The molecular formula is C9H12N2O3S2. The number of carbonyl (C=O) groups is 2. The summed E-state index contributed by atoms with van der Waals surface area (Å²) in [4.78, 5) is 26.2. The van der Waals surface area contributed by atoms with Gasteiger partial charge >= 0.3 is 5.97 Å². The summed E-state index contributed by atoms with van der Waals surface area (Å²) in [5.74, 6) is -0.763. The maximum atomic E-state index is 11.5. The third kappa shape index (κ3) is 3.82. The summed E-state index contributed by atoms with van der Waals surface area (Å²) in [6.07, 6.45) is 2.30. The Labute approximate surface area is 101 Å². The molecule has 1 unspecified atom stereocenters. The predicted octanol–water partition coefficient (Wildman–Crippen LogP) is 1.08. The fraction of sp³-hybridized carbons (Fsp3) is 0.444. The lowest BCUT2D eigenvalue weighted by Gasteiger charge is -2.12. The summed E-state index contributed by atoms with van der Waals surface area (Å²) >= 11 is 2.84. The van der Waals surface area contributed by atoms with Crippen molar-refractivity contribution in [3.05, 3.63) is 16.6 Å². The van der Waals surface area contributed by atoms with Crippen molar-refractivity contribution < 1.29 is 14.7 Å². The first-order valence-corrected chi connectivity index (χ1v) is 6.89. The van der Waals surface area contributed by atoms with E-state index in [0.717, 1.165) is 0 Å². The number of carboxylic acids is 1. The van der Waals surface area contributed by atoms with Crippen molar-refractivity contribution in [3.63, 3.8) is 0 Å². The topological polar surface area (TPSA) is 79.3 Å². The van der Waals surface area contributed by atoms with E-state index in [-0.39, 0.29) is 5.69 Å². The van der Waals surface area contributed by atoms with Crippen molar-refractivity contribution in [2.45, 2.75) is 12.5 Å². The standard InChI is InChI=1S/C9H12N2O3S2/c1-15-3-2-6(9(13)14)11-8(12)7-4-16-5-10-7/h4-6H,2-3H2,1H3,(H,11,12)(H,13,14). The highest BCUT2D eigenvalue weighted by atomic mass is 32.2. The highest BCUT2D eigenvalue weighted by molar-refractivity contribution is 7.98. The number of nitrogens with one attached hydrogen (secondary N) is 1. The van der Waals surface area contributed by atoms with Crippen LogP contribution in [0.25, 0.3) is 0 Å². The van der Waals surface area contributed by atoms with Crippen molar-refractivity contribution in [2.24, 2.45) is 0 Å². The van der Waals surface area contributed by atoms with E-state index in [2.05, 4.69) is 10.3 Å². The number of rotatable bonds is 6. The van der Waals surface area contributed by atoms with Crippen LogP contribution in [0.2, 0.25) is 0 Å². The second kappa shape index (κ2) is 6.49. The molecule has 1 atom stereocenters. The molecule has 1 amide bonds. The van der Waals surface area contributed by atoms with Crippen molar-refractivity contribution in [3.8, 4) is 0 Å². The van der Waals surface area contributed by atoms with Gasteiger partial charge in [-0.15, -0.1) is 11.3 Å². The van der Waals surface area contributed by atoms with Gasteiger partial charge in [-0.25, -0.2) is 9.78 Å². The number of hydrogen-bond donors (Lipinski definition) is 2. The molecule has 1 aromatic heterocycles. The smallest absolute Gasteiger partial charge is 0.326 e. The Balaban J connectivity index is 2.54. The third-order valence-electron chi connectivity index (χ3n) is 1.88. The van der Waals surface area contributed by atoms with Gasteiger partial charge in [0.1, 0.15) is 11.7 Å². The van der Waals surface area contributed by atoms with Gasteiger partial charge in [0.05, 0.1) is 5.51 Å².